The van der Waals surface area contributed by atoms with Crippen molar-refractivity contribution in [3.05, 3.63) is 82.5 Å². The zero-order valence-corrected chi connectivity index (χ0v) is 18.9. The van der Waals surface area contributed by atoms with Crippen LogP contribution in [0.4, 0.5) is 22.4 Å². The van der Waals surface area contributed by atoms with Crippen molar-refractivity contribution in [3.63, 3.8) is 0 Å². The fraction of sp³-hybridized carbons (Fsp3) is 0.261. The molecule has 3 rings (SSSR count). The number of rotatable bonds is 6. The van der Waals surface area contributed by atoms with E-state index >= 15 is 0 Å². The molecule has 0 fully saturated rings. The maximum absolute atomic E-state index is 13.6. The molecule has 0 aliphatic heterocycles. The third-order valence-electron chi connectivity index (χ3n) is 5.08. The Hall–Kier alpha value is -4.09. The van der Waals surface area contributed by atoms with E-state index in [4.69, 9.17) is 5.11 Å². The summed E-state index contributed by atoms with van der Waals surface area (Å²) in [6, 6.07) is 7.18. The largest absolute Gasteiger partial charge is 0.573 e. The van der Waals surface area contributed by atoms with Gasteiger partial charge in [0.25, 0.3) is 5.91 Å². The van der Waals surface area contributed by atoms with Crippen LogP contribution in [0.3, 0.4) is 0 Å². The van der Waals surface area contributed by atoms with E-state index in [0.717, 1.165) is 12.1 Å². The predicted octanol–water partition coefficient (Wildman–Crippen LogP) is 4.29. The second kappa shape index (κ2) is 10.0. The van der Waals surface area contributed by atoms with E-state index in [-0.39, 0.29) is 23.3 Å². The van der Waals surface area contributed by atoms with Crippen LogP contribution in [0.2, 0.25) is 0 Å². The van der Waals surface area contributed by atoms with Gasteiger partial charge in [0.2, 0.25) is 5.62 Å². The lowest BCUT2D eigenvalue weighted by molar-refractivity contribution is -0.274. The molecule has 0 saturated carbocycles. The van der Waals surface area contributed by atoms with Gasteiger partial charge in [-0.1, -0.05) is 12.1 Å². The molecule has 35 heavy (non-hydrogen) atoms. The lowest BCUT2D eigenvalue weighted by Gasteiger charge is -2.17. The molecular formula is C23H22F4N4O4. The number of benzene rings is 2. The van der Waals surface area contributed by atoms with Gasteiger partial charge < -0.3 is 24.3 Å². The highest BCUT2D eigenvalue weighted by Crippen LogP contribution is 2.26. The van der Waals surface area contributed by atoms with Gasteiger partial charge in [-0.3, -0.25) is 4.79 Å². The van der Waals surface area contributed by atoms with Crippen molar-refractivity contribution in [2.24, 2.45) is 12.0 Å². The second-order valence-electron chi connectivity index (χ2n) is 7.85. The number of amides is 2. The molecule has 186 valence electrons. The molecule has 2 aromatic carbocycles. The first-order chi connectivity index (χ1) is 16.3. The number of carboxylic acid groups (broad SMARTS) is 1. The minimum Gasteiger partial charge on any atom is -0.463 e. The molecule has 0 unspecified atom stereocenters. The van der Waals surface area contributed by atoms with E-state index in [9.17, 15) is 27.2 Å². The molecule has 0 aliphatic rings. The molecule has 12 heteroatoms. The Kier molecular flexibility index (Phi) is 7.32. The molecule has 0 radical (unpaired) electrons. The smallest absolute Gasteiger partial charge is 0.463 e. The Labute approximate surface area is 197 Å². The highest BCUT2D eigenvalue weighted by molar-refractivity contribution is 5.95. The SMILES string of the molecule is Cc1cc([C@H](C)NC(=O)c2cc(Cn3ccn(C)/c3=N\C(=O)O)cc(OC(F)(F)F)c2)ccc1F. The Bertz CT molecular complexity index is 1330. The van der Waals surface area contributed by atoms with E-state index in [1.165, 1.54) is 39.7 Å². The standard InChI is InChI=1S/C23H22F4N4O4/c1-13-8-16(4-5-19(13)24)14(2)28-20(32)17-9-15(10-18(11-17)35-23(25,26)27)12-31-7-6-30(3)21(31)29-22(33)34/h4-11,14H,12H2,1-3H3,(H,28,32)(H,33,34)/b29-21+/t14-/m0/s1. The number of hydrogen-bond donors (Lipinski definition) is 2. The lowest BCUT2D eigenvalue weighted by atomic mass is 10.0. The first-order valence-electron chi connectivity index (χ1n) is 10.3. The zero-order valence-electron chi connectivity index (χ0n) is 18.9. The number of alkyl halides is 3. The molecule has 0 bridgehead atoms. The highest BCUT2D eigenvalue weighted by Gasteiger charge is 2.31. The third-order valence-corrected chi connectivity index (χ3v) is 5.08. The van der Waals surface area contributed by atoms with E-state index in [1.807, 2.05) is 0 Å². The number of imidazole rings is 1. The van der Waals surface area contributed by atoms with E-state index < -0.39 is 36.0 Å². The summed E-state index contributed by atoms with van der Waals surface area (Å²) in [6.45, 7) is 3.14. The van der Waals surface area contributed by atoms with Crippen LogP contribution >= 0.6 is 0 Å². The van der Waals surface area contributed by atoms with Crippen LogP contribution in [-0.4, -0.2) is 32.6 Å². The fourth-order valence-corrected chi connectivity index (χ4v) is 3.44. The molecule has 3 aromatic rings. The van der Waals surface area contributed by atoms with Crippen molar-refractivity contribution in [1.29, 1.82) is 0 Å². The summed E-state index contributed by atoms with van der Waals surface area (Å²) in [4.78, 5) is 27.4. The van der Waals surface area contributed by atoms with E-state index in [2.05, 4.69) is 15.0 Å². The molecule has 0 spiro atoms. The van der Waals surface area contributed by atoms with Gasteiger partial charge in [-0.05, 0) is 54.8 Å². The average Bonchev–Trinajstić information content (AvgIpc) is 3.07. The van der Waals surface area contributed by atoms with Gasteiger partial charge in [-0.15, -0.1) is 18.2 Å². The van der Waals surface area contributed by atoms with Crippen LogP contribution in [0.25, 0.3) is 0 Å². The normalized spacial score (nSPS) is 12.9. The average molecular weight is 494 g/mol. The minimum atomic E-state index is -4.99. The van der Waals surface area contributed by atoms with Gasteiger partial charge in [-0.2, -0.15) is 0 Å². The second-order valence-corrected chi connectivity index (χ2v) is 7.85. The van der Waals surface area contributed by atoms with Crippen LogP contribution < -0.4 is 15.7 Å². The summed E-state index contributed by atoms with van der Waals surface area (Å²) in [5.41, 5.74) is 1.15. The van der Waals surface area contributed by atoms with Crippen molar-refractivity contribution >= 4 is 12.0 Å². The molecule has 1 atom stereocenters. The van der Waals surface area contributed by atoms with Crippen LogP contribution in [-0.2, 0) is 13.6 Å². The summed E-state index contributed by atoms with van der Waals surface area (Å²) < 4.78 is 59.1. The zero-order chi connectivity index (χ0) is 25.9. The Balaban J connectivity index is 1.94. The molecule has 0 saturated heterocycles. The van der Waals surface area contributed by atoms with Gasteiger partial charge in [0, 0.05) is 25.0 Å². The highest BCUT2D eigenvalue weighted by atomic mass is 19.4. The first-order valence-corrected chi connectivity index (χ1v) is 10.3. The lowest BCUT2D eigenvalue weighted by Crippen LogP contribution is -2.28. The molecule has 2 N–H and O–H groups in total. The minimum absolute atomic E-state index is 0.0333. The predicted molar refractivity (Wildman–Crippen MR) is 116 cm³/mol. The monoisotopic (exact) mass is 494 g/mol. The van der Waals surface area contributed by atoms with Crippen molar-refractivity contribution in [2.45, 2.75) is 32.8 Å². The van der Waals surface area contributed by atoms with Crippen molar-refractivity contribution in [1.82, 2.24) is 14.5 Å². The van der Waals surface area contributed by atoms with Crippen molar-refractivity contribution in [2.75, 3.05) is 0 Å². The first kappa shape index (κ1) is 25.5. The topological polar surface area (TPSA) is 97.9 Å². The van der Waals surface area contributed by atoms with Gasteiger partial charge >= 0.3 is 12.5 Å². The number of ether oxygens (including phenoxy) is 1. The van der Waals surface area contributed by atoms with Gasteiger partial charge in [0.1, 0.15) is 11.6 Å². The Morgan fingerprint density at radius 3 is 2.51 bits per heavy atom. The number of aromatic nitrogens is 2. The number of carbonyl (C=O) groups excluding carboxylic acids is 1. The molecule has 1 aromatic heterocycles. The fourth-order valence-electron chi connectivity index (χ4n) is 3.44. The van der Waals surface area contributed by atoms with Gasteiger partial charge in [0.05, 0.1) is 12.6 Å². The maximum Gasteiger partial charge on any atom is 0.573 e. The van der Waals surface area contributed by atoms with Crippen LogP contribution in [0.1, 0.15) is 40.0 Å². The van der Waals surface area contributed by atoms with Gasteiger partial charge in [-0.25, -0.2) is 9.18 Å². The summed E-state index contributed by atoms with van der Waals surface area (Å²) in [5, 5.41) is 11.7. The summed E-state index contributed by atoms with van der Waals surface area (Å²) in [7, 11) is 1.55. The summed E-state index contributed by atoms with van der Waals surface area (Å²) in [6.07, 6.45) is -3.41. The van der Waals surface area contributed by atoms with Crippen LogP contribution in [0.5, 0.6) is 5.75 Å². The number of nitrogens with zero attached hydrogens (tertiary/aromatic N) is 3. The Morgan fingerprint density at radius 2 is 1.89 bits per heavy atom. The summed E-state index contributed by atoms with van der Waals surface area (Å²) in [5.74, 6) is -1.69. The molecular weight excluding hydrogens is 472 g/mol. The van der Waals surface area contributed by atoms with Gasteiger partial charge in [0.15, 0.2) is 0 Å². The van der Waals surface area contributed by atoms with Crippen LogP contribution in [0, 0.1) is 12.7 Å². The van der Waals surface area contributed by atoms with Crippen molar-refractivity contribution < 1.29 is 37.0 Å². The molecule has 2 amide bonds. The van der Waals surface area contributed by atoms with E-state index in [0.29, 0.717) is 11.1 Å². The number of hydrogen-bond acceptors (Lipinski definition) is 3. The summed E-state index contributed by atoms with van der Waals surface area (Å²) >= 11 is 0. The molecule has 0 aliphatic carbocycles. The third kappa shape index (κ3) is 6.71. The molecule has 1 heterocycles. The van der Waals surface area contributed by atoms with E-state index in [1.54, 1.807) is 27.0 Å². The quantitative estimate of drug-likeness (QED) is 0.500. The van der Waals surface area contributed by atoms with Crippen LogP contribution in [0.15, 0.2) is 53.8 Å². The molecule has 8 nitrogen and oxygen atoms in total. The van der Waals surface area contributed by atoms with Crippen molar-refractivity contribution in [3.8, 4) is 5.75 Å². The Morgan fingerprint density at radius 1 is 1.17 bits per heavy atom. The maximum atomic E-state index is 13.6. The number of carbonyl (C=O) groups is 2. The number of nitrogens with one attached hydrogen (secondary N) is 1. The number of halogens is 4. The number of aryl methyl sites for hydroxylation is 2.